The third-order valence-electron chi connectivity index (χ3n) is 4.19. The lowest BCUT2D eigenvalue weighted by Gasteiger charge is -2.33. The van der Waals surface area contributed by atoms with E-state index in [1.54, 1.807) is 6.92 Å². The number of benzene rings is 2. The first-order chi connectivity index (χ1) is 10.9. The Kier molecular flexibility index (Phi) is 4.20. The molecular formula is C18H19F2NO2. The number of amides is 1. The number of fused-ring (bicyclic) bond motifs is 1. The summed E-state index contributed by atoms with van der Waals surface area (Å²) in [7, 11) is 0. The standard InChI is InChI=1S/C18H19F2NO2/c1-13(17(22)21-10-8-18(19,20)9-11-21)23-16-7-6-14-4-2-3-5-15(14)12-16/h2-7,12-13H,8-11H2,1H3. The van der Waals surface area contributed by atoms with E-state index in [4.69, 9.17) is 4.74 Å². The molecule has 0 aliphatic carbocycles. The zero-order valence-electron chi connectivity index (χ0n) is 13.0. The average Bonchev–Trinajstić information content (AvgIpc) is 2.54. The number of ether oxygens (including phenoxy) is 1. The van der Waals surface area contributed by atoms with Crippen LogP contribution >= 0.6 is 0 Å². The molecule has 2 aromatic carbocycles. The lowest BCUT2D eigenvalue weighted by molar-refractivity contribution is -0.143. The van der Waals surface area contributed by atoms with Crippen LogP contribution in [0.5, 0.6) is 5.75 Å². The van der Waals surface area contributed by atoms with Crippen molar-refractivity contribution in [2.45, 2.75) is 31.8 Å². The van der Waals surface area contributed by atoms with Crippen molar-refractivity contribution in [3.8, 4) is 5.75 Å². The number of piperidine rings is 1. The van der Waals surface area contributed by atoms with Crippen molar-refractivity contribution in [2.24, 2.45) is 0 Å². The number of carbonyl (C=O) groups excluding carboxylic acids is 1. The number of hydrogen-bond donors (Lipinski definition) is 0. The van der Waals surface area contributed by atoms with Gasteiger partial charge < -0.3 is 9.64 Å². The van der Waals surface area contributed by atoms with E-state index in [1.807, 2.05) is 42.5 Å². The maximum Gasteiger partial charge on any atom is 0.263 e. The van der Waals surface area contributed by atoms with E-state index in [2.05, 4.69) is 0 Å². The Morgan fingerprint density at radius 2 is 1.78 bits per heavy atom. The minimum atomic E-state index is -2.65. The van der Waals surface area contributed by atoms with Gasteiger partial charge in [-0.1, -0.05) is 30.3 Å². The van der Waals surface area contributed by atoms with Crippen molar-refractivity contribution in [1.29, 1.82) is 0 Å². The second-order valence-corrected chi connectivity index (χ2v) is 5.95. The molecule has 5 heteroatoms. The quantitative estimate of drug-likeness (QED) is 0.859. The molecule has 3 nitrogen and oxygen atoms in total. The van der Waals surface area contributed by atoms with Gasteiger partial charge in [0.2, 0.25) is 0 Å². The van der Waals surface area contributed by atoms with Gasteiger partial charge in [0.25, 0.3) is 11.8 Å². The first-order valence-corrected chi connectivity index (χ1v) is 7.77. The molecule has 0 spiro atoms. The molecule has 0 radical (unpaired) electrons. The summed E-state index contributed by atoms with van der Waals surface area (Å²) in [6.07, 6.45) is -1.24. The normalized spacial score (nSPS) is 18.7. The Morgan fingerprint density at radius 1 is 1.13 bits per heavy atom. The monoisotopic (exact) mass is 319 g/mol. The first kappa shape index (κ1) is 15.7. The largest absolute Gasteiger partial charge is 0.481 e. The molecule has 23 heavy (non-hydrogen) atoms. The lowest BCUT2D eigenvalue weighted by atomic mass is 10.1. The number of halogens is 2. The summed E-state index contributed by atoms with van der Waals surface area (Å²) >= 11 is 0. The Labute approximate surface area is 133 Å². The van der Waals surface area contributed by atoms with E-state index < -0.39 is 12.0 Å². The van der Waals surface area contributed by atoms with Gasteiger partial charge in [-0.15, -0.1) is 0 Å². The third kappa shape index (κ3) is 3.60. The number of alkyl halides is 2. The summed E-state index contributed by atoms with van der Waals surface area (Å²) in [4.78, 5) is 13.8. The fourth-order valence-electron chi connectivity index (χ4n) is 2.81. The fraction of sp³-hybridized carbons (Fsp3) is 0.389. The second kappa shape index (κ2) is 6.14. The highest BCUT2D eigenvalue weighted by atomic mass is 19.3. The van der Waals surface area contributed by atoms with Crippen LogP contribution < -0.4 is 4.74 Å². The van der Waals surface area contributed by atoms with Crippen molar-refractivity contribution < 1.29 is 18.3 Å². The molecule has 0 saturated carbocycles. The van der Waals surface area contributed by atoms with Crippen LogP contribution in [0.15, 0.2) is 42.5 Å². The minimum absolute atomic E-state index is 0.0806. The molecule has 1 unspecified atom stereocenters. The minimum Gasteiger partial charge on any atom is -0.481 e. The van der Waals surface area contributed by atoms with E-state index in [0.717, 1.165) is 10.8 Å². The van der Waals surface area contributed by atoms with Crippen LogP contribution in [-0.4, -0.2) is 35.9 Å². The summed E-state index contributed by atoms with van der Waals surface area (Å²) in [5.74, 6) is -2.29. The summed E-state index contributed by atoms with van der Waals surface area (Å²) in [6, 6.07) is 13.5. The van der Waals surface area contributed by atoms with Gasteiger partial charge in [0.15, 0.2) is 6.10 Å². The molecule has 2 aromatic rings. The molecule has 0 bridgehead atoms. The van der Waals surface area contributed by atoms with Crippen LogP contribution in [0.2, 0.25) is 0 Å². The zero-order chi connectivity index (χ0) is 16.4. The van der Waals surface area contributed by atoms with E-state index >= 15 is 0 Å². The van der Waals surface area contributed by atoms with Crippen LogP contribution in [0.1, 0.15) is 19.8 Å². The van der Waals surface area contributed by atoms with E-state index in [1.165, 1.54) is 4.90 Å². The summed E-state index contributed by atoms with van der Waals surface area (Å²) in [5, 5.41) is 2.12. The van der Waals surface area contributed by atoms with Gasteiger partial charge in [0.1, 0.15) is 5.75 Å². The SMILES string of the molecule is CC(Oc1ccc2ccccc2c1)C(=O)N1CCC(F)(F)CC1. The van der Waals surface area contributed by atoms with Crippen molar-refractivity contribution in [3.63, 3.8) is 0 Å². The van der Waals surface area contributed by atoms with Gasteiger partial charge in [0.05, 0.1) is 0 Å². The summed E-state index contributed by atoms with van der Waals surface area (Å²) in [6.45, 7) is 1.82. The summed E-state index contributed by atoms with van der Waals surface area (Å²) in [5.41, 5.74) is 0. The number of rotatable bonds is 3. The third-order valence-corrected chi connectivity index (χ3v) is 4.19. The topological polar surface area (TPSA) is 29.5 Å². The van der Waals surface area contributed by atoms with Crippen LogP contribution in [0.25, 0.3) is 10.8 Å². The Hall–Kier alpha value is -2.17. The zero-order valence-corrected chi connectivity index (χ0v) is 13.0. The first-order valence-electron chi connectivity index (χ1n) is 7.77. The van der Waals surface area contributed by atoms with Crippen molar-refractivity contribution in [1.82, 2.24) is 4.90 Å². The lowest BCUT2D eigenvalue weighted by Crippen LogP contribution is -2.47. The van der Waals surface area contributed by atoms with Crippen molar-refractivity contribution in [2.75, 3.05) is 13.1 Å². The smallest absolute Gasteiger partial charge is 0.263 e. The summed E-state index contributed by atoms with van der Waals surface area (Å²) < 4.78 is 32.0. The van der Waals surface area contributed by atoms with E-state index in [-0.39, 0.29) is 31.8 Å². The number of carbonyl (C=O) groups is 1. The molecule has 0 N–H and O–H groups in total. The predicted molar refractivity (Wildman–Crippen MR) is 84.8 cm³/mol. The van der Waals surface area contributed by atoms with Gasteiger partial charge >= 0.3 is 0 Å². The Morgan fingerprint density at radius 3 is 2.48 bits per heavy atom. The molecule has 1 fully saturated rings. The highest BCUT2D eigenvalue weighted by Crippen LogP contribution is 2.28. The molecule has 1 saturated heterocycles. The highest BCUT2D eigenvalue weighted by molar-refractivity contribution is 5.84. The maximum absolute atomic E-state index is 13.2. The van der Waals surface area contributed by atoms with E-state index in [9.17, 15) is 13.6 Å². The molecule has 1 heterocycles. The molecular weight excluding hydrogens is 300 g/mol. The number of hydrogen-bond acceptors (Lipinski definition) is 2. The average molecular weight is 319 g/mol. The predicted octanol–water partition coefficient (Wildman–Crippen LogP) is 3.86. The van der Waals surface area contributed by atoms with Crippen LogP contribution in [0.3, 0.4) is 0 Å². The number of nitrogens with zero attached hydrogens (tertiary/aromatic N) is 1. The van der Waals surface area contributed by atoms with Crippen LogP contribution in [0, 0.1) is 0 Å². The van der Waals surface area contributed by atoms with Gasteiger partial charge in [-0.3, -0.25) is 4.79 Å². The van der Waals surface area contributed by atoms with E-state index in [0.29, 0.717) is 5.75 Å². The molecule has 122 valence electrons. The van der Waals surface area contributed by atoms with Gasteiger partial charge in [0, 0.05) is 25.9 Å². The Bertz CT molecular complexity index is 707. The fourth-order valence-corrected chi connectivity index (χ4v) is 2.81. The highest BCUT2D eigenvalue weighted by Gasteiger charge is 2.36. The molecule has 3 rings (SSSR count). The molecule has 1 aliphatic heterocycles. The van der Waals surface area contributed by atoms with Gasteiger partial charge in [-0.2, -0.15) is 0 Å². The van der Waals surface area contributed by atoms with Gasteiger partial charge in [-0.05, 0) is 29.8 Å². The van der Waals surface area contributed by atoms with Crippen molar-refractivity contribution in [3.05, 3.63) is 42.5 Å². The molecule has 0 aromatic heterocycles. The molecule has 1 atom stereocenters. The van der Waals surface area contributed by atoms with Crippen molar-refractivity contribution >= 4 is 16.7 Å². The Balaban J connectivity index is 1.65. The van der Waals surface area contributed by atoms with Gasteiger partial charge in [-0.25, -0.2) is 8.78 Å². The van der Waals surface area contributed by atoms with Crippen LogP contribution in [-0.2, 0) is 4.79 Å². The second-order valence-electron chi connectivity index (χ2n) is 5.95. The molecule has 1 amide bonds. The number of likely N-dealkylation sites (tertiary alicyclic amines) is 1. The maximum atomic E-state index is 13.2. The van der Waals surface area contributed by atoms with Crippen LogP contribution in [0.4, 0.5) is 8.78 Å². The molecule has 1 aliphatic rings.